The molecule has 0 aliphatic carbocycles. The van der Waals surface area contributed by atoms with Gasteiger partial charge in [-0.2, -0.15) is 5.10 Å². The van der Waals surface area contributed by atoms with Gasteiger partial charge < -0.3 is 10.5 Å². The highest BCUT2D eigenvalue weighted by Crippen LogP contribution is 2.20. The van der Waals surface area contributed by atoms with Gasteiger partial charge in [0.1, 0.15) is 5.82 Å². The molecular weight excluding hydrogens is 228 g/mol. The van der Waals surface area contributed by atoms with Gasteiger partial charge in [0.15, 0.2) is 5.65 Å². The third-order valence-corrected chi connectivity index (χ3v) is 2.95. The molecule has 5 nitrogen and oxygen atoms in total. The van der Waals surface area contributed by atoms with Gasteiger partial charge in [0.05, 0.1) is 17.8 Å². The lowest BCUT2D eigenvalue weighted by Crippen LogP contribution is -1.99. The van der Waals surface area contributed by atoms with Gasteiger partial charge >= 0.3 is 0 Å². The van der Waals surface area contributed by atoms with E-state index in [0.29, 0.717) is 12.4 Å². The van der Waals surface area contributed by atoms with Crippen LogP contribution in [0.15, 0.2) is 30.3 Å². The zero-order valence-corrected chi connectivity index (χ0v) is 10.1. The molecule has 0 saturated carbocycles. The van der Waals surface area contributed by atoms with Crippen LogP contribution >= 0.6 is 0 Å². The summed E-state index contributed by atoms with van der Waals surface area (Å²) in [7, 11) is 1.68. The van der Waals surface area contributed by atoms with Crippen molar-refractivity contribution in [1.29, 1.82) is 0 Å². The third kappa shape index (κ3) is 1.69. The van der Waals surface area contributed by atoms with E-state index in [9.17, 15) is 0 Å². The molecule has 5 heteroatoms. The highest BCUT2D eigenvalue weighted by Gasteiger charge is 2.08. The number of para-hydroxylation sites is 1. The molecule has 0 amide bonds. The number of nitrogens with two attached hydrogens (primary N) is 1. The normalized spacial score (nSPS) is 11.4. The van der Waals surface area contributed by atoms with E-state index in [-0.39, 0.29) is 0 Å². The fraction of sp³-hybridized carbons (Fsp3) is 0.231. The highest BCUT2D eigenvalue weighted by molar-refractivity contribution is 5.90. The minimum Gasteiger partial charge on any atom is -0.384 e. The number of hydrogen-bond donors (Lipinski definition) is 1. The molecule has 18 heavy (non-hydrogen) atoms. The van der Waals surface area contributed by atoms with E-state index in [1.807, 2.05) is 34.8 Å². The Hall–Kier alpha value is -2.14. The van der Waals surface area contributed by atoms with Crippen molar-refractivity contribution >= 4 is 22.4 Å². The second-order valence-electron chi connectivity index (χ2n) is 4.16. The monoisotopic (exact) mass is 242 g/mol. The van der Waals surface area contributed by atoms with E-state index in [0.717, 1.165) is 28.7 Å². The van der Waals surface area contributed by atoms with Crippen molar-refractivity contribution in [3.63, 3.8) is 0 Å². The second kappa shape index (κ2) is 4.27. The average Bonchev–Trinajstić information content (AvgIpc) is 2.80. The molecule has 92 valence electrons. The van der Waals surface area contributed by atoms with Gasteiger partial charge in [-0.3, -0.25) is 0 Å². The lowest BCUT2D eigenvalue weighted by molar-refractivity contribution is 0.201. The summed E-state index contributed by atoms with van der Waals surface area (Å²) in [5.41, 5.74) is 8.66. The molecule has 1 aromatic carbocycles. The summed E-state index contributed by atoms with van der Waals surface area (Å²) in [5, 5.41) is 5.46. The Morgan fingerprint density at radius 3 is 3.00 bits per heavy atom. The summed E-state index contributed by atoms with van der Waals surface area (Å²) in [5.74, 6) is 0.538. The van der Waals surface area contributed by atoms with Crippen LogP contribution in [-0.2, 0) is 11.2 Å². The van der Waals surface area contributed by atoms with Gasteiger partial charge in [0, 0.05) is 25.0 Å². The van der Waals surface area contributed by atoms with Crippen molar-refractivity contribution in [3.05, 3.63) is 36.0 Å². The fourth-order valence-corrected chi connectivity index (χ4v) is 2.06. The molecule has 0 unspecified atom stereocenters. The number of ether oxygens (including phenoxy) is 1. The Labute approximate surface area is 104 Å². The molecule has 0 aliphatic rings. The number of fused-ring (bicyclic) bond motifs is 3. The SMILES string of the molecule is COCCc1cc2nc(N)c3ccccc3n2n1. The van der Waals surface area contributed by atoms with Crippen LogP contribution in [0.5, 0.6) is 0 Å². The van der Waals surface area contributed by atoms with Crippen molar-refractivity contribution in [3.8, 4) is 0 Å². The third-order valence-electron chi connectivity index (χ3n) is 2.95. The number of anilines is 1. The Morgan fingerprint density at radius 2 is 2.17 bits per heavy atom. The molecule has 0 atom stereocenters. The van der Waals surface area contributed by atoms with E-state index in [4.69, 9.17) is 10.5 Å². The smallest absolute Gasteiger partial charge is 0.158 e. The number of nitrogen functional groups attached to an aromatic ring is 1. The summed E-state index contributed by atoms with van der Waals surface area (Å²) in [4.78, 5) is 4.37. The number of benzene rings is 1. The van der Waals surface area contributed by atoms with Crippen molar-refractivity contribution < 1.29 is 4.74 Å². The zero-order valence-electron chi connectivity index (χ0n) is 10.1. The first-order valence-corrected chi connectivity index (χ1v) is 5.81. The summed E-state index contributed by atoms with van der Waals surface area (Å²) in [6.45, 7) is 0.650. The first-order chi connectivity index (χ1) is 8.79. The molecule has 2 heterocycles. The van der Waals surface area contributed by atoms with Crippen LogP contribution in [0, 0.1) is 0 Å². The largest absolute Gasteiger partial charge is 0.384 e. The van der Waals surface area contributed by atoms with Gasteiger partial charge in [0.25, 0.3) is 0 Å². The minimum absolute atomic E-state index is 0.538. The Kier molecular flexibility index (Phi) is 2.60. The van der Waals surface area contributed by atoms with Gasteiger partial charge in [-0.1, -0.05) is 12.1 Å². The van der Waals surface area contributed by atoms with Gasteiger partial charge in [-0.15, -0.1) is 0 Å². The predicted octanol–water partition coefficient (Wildman–Crippen LogP) is 1.65. The zero-order chi connectivity index (χ0) is 12.5. The van der Waals surface area contributed by atoms with Crippen LogP contribution in [0.1, 0.15) is 5.69 Å². The lowest BCUT2D eigenvalue weighted by atomic mass is 10.2. The predicted molar refractivity (Wildman–Crippen MR) is 70.5 cm³/mol. The van der Waals surface area contributed by atoms with Crippen molar-refractivity contribution in [1.82, 2.24) is 14.6 Å². The molecule has 0 spiro atoms. The van der Waals surface area contributed by atoms with Crippen LogP contribution in [0.2, 0.25) is 0 Å². The van der Waals surface area contributed by atoms with Crippen LogP contribution in [-0.4, -0.2) is 28.3 Å². The van der Waals surface area contributed by atoms with Crippen LogP contribution in [0.4, 0.5) is 5.82 Å². The van der Waals surface area contributed by atoms with Gasteiger partial charge in [0.2, 0.25) is 0 Å². The van der Waals surface area contributed by atoms with E-state index >= 15 is 0 Å². The van der Waals surface area contributed by atoms with E-state index < -0.39 is 0 Å². The molecule has 3 rings (SSSR count). The number of rotatable bonds is 3. The lowest BCUT2D eigenvalue weighted by Gasteiger charge is -2.03. The van der Waals surface area contributed by atoms with Gasteiger partial charge in [-0.05, 0) is 12.1 Å². The number of nitrogens with zero attached hydrogens (tertiary/aromatic N) is 3. The molecule has 0 saturated heterocycles. The number of aromatic nitrogens is 3. The topological polar surface area (TPSA) is 65.4 Å². The van der Waals surface area contributed by atoms with E-state index in [1.54, 1.807) is 7.11 Å². The van der Waals surface area contributed by atoms with E-state index in [1.165, 1.54) is 0 Å². The molecule has 2 aromatic heterocycles. The second-order valence-corrected chi connectivity index (χ2v) is 4.16. The Bertz CT molecular complexity index is 705. The molecular formula is C13H14N4O. The highest BCUT2D eigenvalue weighted by atomic mass is 16.5. The molecule has 3 aromatic rings. The van der Waals surface area contributed by atoms with Crippen LogP contribution in [0.3, 0.4) is 0 Å². The first-order valence-electron chi connectivity index (χ1n) is 5.81. The summed E-state index contributed by atoms with van der Waals surface area (Å²) >= 11 is 0. The average molecular weight is 242 g/mol. The maximum atomic E-state index is 5.95. The van der Waals surface area contributed by atoms with E-state index in [2.05, 4.69) is 10.1 Å². The molecule has 0 fully saturated rings. The molecule has 2 N–H and O–H groups in total. The minimum atomic E-state index is 0.538. The number of hydrogen-bond acceptors (Lipinski definition) is 4. The summed E-state index contributed by atoms with van der Waals surface area (Å²) in [6, 6.07) is 9.81. The maximum Gasteiger partial charge on any atom is 0.158 e. The first kappa shape index (κ1) is 11.0. The summed E-state index contributed by atoms with van der Waals surface area (Å²) in [6.07, 6.45) is 0.772. The van der Waals surface area contributed by atoms with Crippen LogP contribution < -0.4 is 5.73 Å². The maximum absolute atomic E-state index is 5.95. The fourth-order valence-electron chi connectivity index (χ4n) is 2.06. The van der Waals surface area contributed by atoms with Gasteiger partial charge in [-0.25, -0.2) is 9.50 Å². The van der Waals surface area contributed by atoms with Crippen molar-refractivity contribution in [2.75, 3.05) is 19.5 Å². The molecule has 0 bridgehead atoms. The Morgan fingerprint density at radius 1 is 1.33 bits per heavy atom. The molecule has 0 radical (unpaired) electrons. The summed E-state index contributed by atoms with van der Waals surface area (Å²) < 4.78 is 6.89. The van der Waals surface area contributed by atoms with Crippen molar-refractivity contribution in [2.24, 2.45) is 0 Å². The van der Waals surface area contributed by atoms with Crippen molar-refractivity contribution in [2.45, 2.75) is 6.42 Å². The quantitative estimate of drug-likeness (QED) is 0.758. The molecule has 0 aliphatic heterocycles. The van der Waals surface area contributed by atoms with Crippen LogP contribution in [0.25, 0.3) is 16.6 Å². The Balaban J connectivity index is 2.23. The standard InChI is InChI=1S/C13H14N4O/c1-18-7-6-9-8-12-15-13(14)10-4-2-3-5-11(10)17(12)16-9/h2-5,8H,6-7H2,1H3,(H2,14,15). The number of methoxy groups -OCH3 is 1.